The molecule has 29 heavy (non-hydrogen) atoms. The Morgan fingerprint density at radius 1 is 1.10 bits per heavy atom. The number of aromatic nitrogens is 3. The van der Waals surface area contributed by atoms with Crippen molar-refractivity contribution >= 4 is 17.2 Å². The minimum absolute atomic E-state index is 0.0757. The Balaban J connectivity index is 1.45. The summed E-state index contributed by atoms with van der Waals surface area (Å²) in [5.74, 6) is 2.78. The van der Waals surface area contributed by atoms with Crippen molar-refractivity contribution in [1.29, 1.82) is 0 Å². The van der Waals surface area contributed by atoms with E-state index in [2.05, 4.69) is 26.3 Å². The zero-order valence-electron chi connectivity index (χ0n) is 17.0. The maximum atomic E-state index is 5.85. The van der Waals surface area contributed by atoms with Crippen LogP contribution in [0.2, 0.25) is 0 Å². The lowest BCUT2D eigenvalue weighted by Crippen LogP contribution is -2.34. The largest absolute Gasteiger partial charge is 0.496 e. The molecule has 0 bridgehead atoms. The van der Waals surface area contributed by atoms with Crippen LogP contribution in [0.15, 0.2) is 42.0 Å². The van der Waals surface area contributed by atoms with Crippen LogP contribution in [0.5, 0.6) is 11.6 Å². The molecule has 6 nitrogen and oxygen atoms in total. The number of methoxy groups -OCH3 is 1. The molecule has 1 fully saturated rings. The molecule has 1 aromatic carbocycles. The molecular weight excluding hydrogens is 384 g/mol. The summed E-state index contributed by atoms with van der Waals surface area (Å²) in [4.78, 5) is 16.1. The predicted octanol–water partition coefficient (Wildman–Crippen LogP) is 4.78. The second-order valence-electron chi connectivity index (χ2n) is 7.38. The number of benzene rings is 1. The molecule has 0 atom stereocenters. The molecule has 7 heteroatoms. The third-order valence-electron chi connectivity index (χ3n) is 5.04. The molecule has 0 aliphatic carbocycles. The quantitative estimate of drug-likeness (QED) is 0.583. The number of hydrogen-bond donors (Lipinski definition) is 0. The Hall–Kier alpha value is -2.67. The highest BCUT2D eigenvalue weighted by Crippen LogP contribution is 2.37. The van der Waals surface area contributed by atoms with Crippen LogP contribution < -0.4 is 14.4 Å². The Labute approximate surface area is 175 Å². The highest BCUT2D eigenvalue weighted by molar-refractivity contribution is 7.10. The standard InChI is InChI=1S/C22H26N4O2S/c1-15(2)28-21-20(23-10-11-24-21)26-12-8-16(9-13-26)22-25-18(14-29-22)17-6-4-5-7-19(17)27-3/h4-7,10-11,14-16H,8-9,12-13H2,1-3H3. The van der Waals surface area contributed by atoms with E-state index >= 15 is 0 Å². The molecule has 1 saturated heterocycles. The minimum atomic E-state index is 0.0757. The summed E-state index contributed by atoms with van der Waals surface area (Å²) in [6, 6.07) is 8.04. The van der Waals surface area contributed by atoms with Crippen LogP contribution in [0.3, 0.4) is 0 Å². The summed E-state index contributed by atoms with van der Waals surface area (Å²) >= 11 is 1.74. The number of ether oxygens (including phenoxy) is 2. The van der Waals surface area contributed by atoms with Gasteiger partial charge in [0.15, 0.2) is 5.82 Å². The average Bonchev–Trinajstić information content (AvgIpc) is 3.24. The van der Waals surface area contributed by atoms with Gasteiger partial charge in [0.2, 0.25) is 0 Å². The molecule has 0 amide bonds. The van der Waals surface area contributed by atoms with Gasteiger partial charge >= 0.3 is 0 Å². The Bertz CT molecular complexity index is 951. The van der Waals surface area contributed by atoms with Gasteiger partial charge in [-0.15, -0.1) is 11.3 Å². The van der Waals surface area contributed by atoms with Crippen molar-refractivity contribution in [3.63, 3.8) is 0 Å². The predicted molar refractivity (Wildman–Crippen MR) is 116 cm³/mol. The van der Waals surface area contributed by atoms with Gasteiger partial charge in [0.1, 0.15) is 5.75 Å². The summed E-state index contributed by atoms with van der Waals surface area (Å²) in [6.07, 6.45) is 5.57. The summed E-state index contributed by atoms with van der Waals surface area (Å²) in [7, 11) is 1.70. The van der Waals surface area contributed by atoms with Crippen molar-refractivity contribution in [3.05, 3.63) is 47.0 Å². The Morgan fingerprint density at radius 2 is 1.86 bits per heavy atom. The molecule has 4 rings (SSSR count). The van der Waals surface area contributed by atoms with Crippen molar-refractivity contribution in [1.82, 2.24) is 15.0 Å². The number of para-hydroxylation sites is 1. The molecule has 1 aliphatic rings. The van der Waals surface area contributed by atoms with E-state index in [9.17, 15) is 0 Å². The summed E-state index contributed by atoms with van der Waals surface area (Å²) in [6.45, 7) is 5.85. The Morgan fingerprint density at radius 3 is 2.62 bits per heavy atom. The van der Waals surface area contributed by atoms with Gasteiger partial charge in [-0.2, -0.15) is 0 Å². The normalized spacial score (nSPS) is 15.0. The number of rotatable bonds is 6. The molecule has 0 saturated carbocycles. The van der Waals surface area contributed by atoms with Gasteiger partial charge in [-0.1, -0.05) is 12.1 Å². The van der Waals surface area contributed by atoms with Crippen LogP contribution in [-0.4, -0.2) is 41.3 Å². The van der Waals surface area contributed by atoms with Crippen LogP contribution in [0.25, 0.3) is 11.3 Å². The van der Waals surface area contributed by atoms with Crippen molar-refractivity contribution in [3.8, 4) is 22.9 Å². The topological polar surface area (TPSA) is 60.4 Å². The van der Waals surface area contributed by atoms with Crippen molar-refractivity contribution in [2.75, 3.05) is 25.1 Å². The molecule has 0 radical (unpaired) electrons. The van der Waals surface area contributed by atoms with E-state index in [1.807, 2.05) is 32.0 Å². The first kappa shape index (κ1) is 19.6. The van der Waals surface area contributed by atoms with Gasteiger partial charge in [0.05, 0.1) is 23.9 Å². The summed E-state index contributed by atoms with van der Waals surface area (Å²) < 4.78 is 11.3. The molecule has 2 aromatic heterocycles. The zero-order valence-corrected chi connectivity index (χ0v) is 17.9. The van der Waals surface area contributed by atoms with E-state index in [1.54, 1.807) is 30.8 Å². The number of anilines is 1. The van der Waals surface area contributed by atoms with Crippen LogP contribution in [0.1, 0.15) is 37.6 Å². The summed E-state index contributed by atoms with van der Waals surface area (Å²) in [5.41, 5.74) is 2.04. The van der Waals surface area contributed by atoms with E-state index in [4.69, 9.17) is 14.5 Å². The highest BCUT2D eigenvalue weighted by atomic mass is 32.1. The maximum absolute atomic E-state index is 5.85. The SMILES string of the molecule is COc1ccccc1-c1csc(C2CCN(c3nccnc3OC(C)C)CC2)n1. The average molecular weight is 411 g/mol. The van der Waals surface area contributed by atoms with E-state index in [0.29, 0.717) is 11.8 Å². The van der Waals surface area contributed by atoms with Crippen LogP contribution >= 0.6 is 11.3 Å². The van der Waals surface area contributed by atoms with Gasteiger partial charge in [0.25, 0.3) is 5.88 Å². The van der Waals surface area contributed by atoms with E-state index in [0.717, 1.165) is 48.8 Å². The number of nitrogens with zero attached hydrogens (tertiary/aromatic N) is 4. The monoisotopic (exact) mass is 410 g/mol. The first-order valence-corrected chi connectivity index (χ1v) is 10.8. The van der Waals surface area contributed by atoms with Crippen molar-refractivity contribution < 1.29 is 9.47 Å². The summed E-state index contributed by atoms with van der Waals surface area (Å²) in [5, 5.41) is 3.33. The van der Waals surface area contributed by atoms with Crippen LogP contribution in [0, 0.1) is 0 Å². The lowest BCUT2D eigenvalue weighted by Gasteiger charge is -2.32. The molecule has 152 valence electrons. The van der Waals surface area contributed by atoms with Crippen molar-refractivity contribution in [2.24, 2.45) is 0 Å². The molecule has 0 N–H and O–H groups in total. The van der Waals surface area contributed by atoms with E-state index in [-0.39, 0.29) is 6.10 Å². The van der Waals surface area contributed by atoms with Gasteiger partial charge in [0, 0.05) is 42.3 Å². The second-order valence-corrected chi connectivity index (χ2v) is 8.27. The van der Waals surface area contributed by atoms with Gasteiger partial charge < -0.3 is 14.4 Å². The smallest absolute Gasteiger partial charge is 0.257 e. The van der Waals surface area contributed by atoms with Crippen LogP contribution in [-0.2, 0) is 0 Å². The first-order chi connectivity index (χ1) is 14.2. The molecule has 0 spiro atoms. The second kappa shape index (κ2) is 8.78. The third kappa shape index (κ3) is 4.34. The fourth-order valence-corrected chi connectivity index (χ4v) is 4.63. The number of hydrogen-bond acceptors (Lipinski definition) is 7. The van der Waals surface area contributed by atoms with E-state index in [1.165, 1.54) is 5.01 Å². The minimum Gasteiger partial charge on any atom is -0.496 e. The van der Waals surface area contributed by atoms with Gasteiger partial charge in [-0.25, -0.2) is 15.0 Å². The zero-order chi connectivity index (χ0) is 20.2. The fourth-order valence-electron chi connectivity index (χ4n) is 3.63. The Kier molecular flexibility index (Phi) is 5.94. The van der Waals surface area contributed by atoms with Gasteiger partial charge in [-0.05, 0) is 38.8 Å². The fraction of sp³-hybridized carbons (Fsp3) is 0.409. The van der Waals surface area contributed by atoms with Gasteiger partial charge in [-0.3, -0.25) is 0 Å². The molecule has 3 aromatic rings. The van der Waals surface area contributed by atoms with Crippen LogP contribution in [0.4, 0.5) is 5.82 Å². The lowest BCUT2D eigenvalue weighted by molar-refractivity contribution is 0.231. The van der Waals surface area contributed by atoms with Crippen molar-refractivity contribution in [2.45, 2.75) is 38.7 Å². The number of thiazole rings is 1. The molecule has 0 unspecified atom stereocenters. The first-order valence-electron chi connectivity index (χ1n) is 9.97. The molecular formula is C22H26N4O2S. The number of piperidine rings is 1. The third-order valence-corrected chi connectivity index (χ3v) is 6.05. The lowest BCUT2D eigenvalue weighted by atomic mass is 9.97. The molecule has 3 heterocycles. The highest BCUT2D eigenvalue weighted by Gasteiger charge is 2.26. The maximum Gasteiger partial charge on any atom is 0.257 e. The molecule has 1 aliphatic heterocycles. The van der Waals surface area contributed by atoms with E-state index < -0.39 is 0 Å².